The summed E-state index contributed by atoms with van der Waals surface area (Å²) in [6.45, 7) is 7.40. The standard InChI is InChI=1S/C38H24N4/c1-40-30-24-27(25-39)37(41-26-30)31-18-8-11-21-34(31)42-35-22-12-9-19-32(35)38(28-14-4-2-5-15-28,29-16-6-3-7-17-29)33-20-10-13-23-36(33)42/h2-24,26H. The molecule has 0 unspecified atom stereocenters. The van der Waals surface area contributed by atoms with Gasteiger partial charge in [0, 0.05) is 11.8 Å². The maximum absolute atomic E-state index is 10.0. The average molecular weight is 537 g/mol. The van der Waals surface area contributed by atoms with Crippen molar-refractivity contribution in [3.05, 3.63) is 185 Å². The second kappa shape index (κ2) is 10.2. The Morgan fingerprint density at radius 3 is 1.69 bits per heavy atom. The van der Waals surface area contributed by atoms with E-state index in [1.807, 2.05) is 18.2 Å². The Morgan fingerprint density at radius 2 is 1.14 bits per heavy atom. The Balaban J connectivity index is 1.57. The molecule has 42 heavy (non-hydrogen) atoms. The molecule has 0 saturated carbocycles. The third-order valence-corrected chi connectivity index (χ3v) is 8.03. The highest BCUT2D eigenvalue weighted by Crippen LogP contribution is 2.58. The van der Waals surface area contributed by atoms with Crippen molar-refractivity contribution < 1.29 is 0 Å². The first kappa shape index (κ1) is 25.0. The highest BCUT2D eigenvalue weighted by atomic mass is 15.2. The van der Waals surface area contributed by atoms with Gasteiger partial charge in [-0.1, -0.05) is 115 Å². The first-order valence-corrected chi connectivity index (χ1v) is 13.7. The van der Waals surface area contributed by atoms with E-state index in [9.17, 15) is 5.26 Å². The van der Waals surface area contributed by atoms with Gasteiger partial charge >= 0.3 is 0 Å². The van der Waals surface area contributed by atoms with E-state index in [1.165, 1.54) is 17.3 Å². The second-order valence-corrected chi connectivity index (χ2v) is 10.2. The minimum absolute atomic E-state index is 0.344. The Bertz CT molecular complexity index is 1930. The summed E-state index contributed by atoms with van der Waals surface area (Å²) in [5.41, 5.74) is 9.23. The van der Waals surface area contributed by atoms with E-state index in [4.69, 9.17) is 6.57 Å². The summed E-state index contributed by atoms with van der Waals surface area (Å²) in [6.07, 6.45) is 1.54. The molecule has 0 amide bonds. The van der Waals surface area contributed by atoms with Crippen LogP contribution in [0.15, 0.2) is 146 Å². The molecular formula is C38H24N4. The number of para-hydroxylation sites is 3. The normalized spacial score (nSPS) is 12.9. The Kier molecular flexibility index (Phi) is 6.08. The molecule has 1 aliphatic heterocycles. The predicted molar refractivity (Wildman–Crippen MR) is 167 cm³/mol. The zero-order valence-corrected chi connectivity index (χ0v) is 22.6. The van der Waals surface area contributed by atoms with Crippen LogP contribution in [0.25, 0.3) is 16.1 Å². The first-order chi connectivity index (χ1) is 20.8. The van der Waals surface area contributed by atoms with Crippen molar-refractivity contribution in [2.24, 2.45) is 0 Å². The number of anilines is 3. The van der Waals surface area contributed by atoms with Gasteiger partial charge in [0.25, 0.3) is 0 Å². The number of rotatable bonds is 4. The zero-order chi connectivity index (χ0) is 28.5. The van der Waals surface area contributed by atoms with Crippen LogP contribution in [0.1, 0.15) is 27.8 Å². The van der Waals surface area contributed by atoms with E-state index in [1.54, 1.807) is 6.07 Å². The molecule has 0 fully saturated rings. The van der Waals surface area contributed by atoms with Crippen LogP contribution in [0.4, 0.5) is 22.7 Å². The highest BCUT2D eigenvalue weighted by molar-refractivity contribution is 5.94. The molecule has 6 aromatic rings. The molecule has 4 nitrogen and oxygen atoms in total. The zero-order valence-electron chi connectivity index (χ0n) is 22.6. The monoisotopic (exact) mass is 536 g/mol. The van der Waals surface area contributed by atoms with Gasteiger partial charge in [-0.2, -0.15) is 5.26 Å². The molecule has 4 heteroatoms. The van der Waals surface area contributed by atoms with Crippen LogP contribution < -0.4 is 4.90 Å². The summed E-state index contributed by atoms with van der Waals surface area (Å²) in [4.78, 5) is 10.4. The van der Waals surface area contributed by atoms with Crippen LogP contribution in [0.2, 0.25) is 0 Å². The molecule has 2 heterocycles. The molecule has 0 bridgehead atoms. The molecule has 5 aromatic carbocycles. The molecule has 1 aliphatic rings. The Hall–Kier alpha value is -5.97. The summed E-state index contributed by atoms with van der Waals surface area (Å²) in [7, 11) is 0. The van der Waals surface area contributed by atoms with Gasteiger partial charge < -0.3 is 4.90 Å². The Morgan fingerprint density at radius 1 is 0.643 bits per heavy atom. The van der Waals surface area contributed by atoms with Crippen molar-refractivity contribution in [3.63, 3.8) is 0 Å². The van der Waals surface area contributed by atoms with Crippen molar-refractivity contribution in [2.45, 2.75) is 5.41 Å². The average Bonchev–Trinajstić information content (AvgIpc) is 3.07. The van der Waals surface area contributed by atoms with E-state index >= 15 is 0 Å². The van der Waals surface area contributed by atoms with Gasteiger partial charge in [-0.05, 0) is 46.5 Å². The van der Waals surface area contributed by atoms with Gasteiger partial charge in [0.15, 0.2) is 0 Å². The van der Waals surface area contributed by atoms with Gasteiger partial charge in [0.2, 0.25) is 5.69 Å². The van der Waals surface area contributed by atoms with Crippen LogP contribution in [-0.2, 0) is 5.41 Å². The third-order valence-electron chi connectivity index (χ3n) is 8.03. The summed E-state index contributed by atoms with van der Waals surface area (Å²) in [5, 5.41) is 10.0. The summed E-state index contributed by atoms with van der Waals surface area (Å²) in [6, 6.07) is 50.5. The lowest BCUT2D eigenvalue weighted by Crippen LogP contribution is -2.37. The lowest BCUT2D eigenvalue weighted by Gasteiger charge is -2.46. The molecule has 1 aromatic heterocycles. The van der Waals surface area contributed by atoms with Crippen LogP contribution in [0, 0.1) is 17.9 Å². The summed E-state index contributed by atoms with van der Waals surface area (Å²) >= 11 is 0. The van der Waals surface area contributed by atoms with Crippen LogP contribution in [0.5, 0.6) is 0 Å². The van der Waals surface area contributed by atoms with Crippen molar-refractivity contribution in [1.29, 1.82) is 5.26 Å². The fourth-order valence-electron chi connectivity index (χ4n) is 6.35. The van der Waals surface area contributed by atoms with Gasteiger partial charge in [-0.15, -0.1) is 0 Å². The SMILES string of the molecule is [C-]#[N+]c1cnc(-c2ccccc2N2c3ccccc3C(c3ccccc3)(c3ccccc3)c3ccccc32)c(C#N)c1. The highest BCUT2D eigenvalue weighted by Gasteiger charge is 2.46. The molecular weight excluding hydrogens is 512 g/mol. The van der Waals surface area contributed by atoms with Crippen LogP contribution in [0.3, 0.4) is 0 Å². The maximum Gasteiger partial charge on any atom is 0.206 e. The van der Waals surface area contributed by atoms with Crippen LogP contribution >= 0.6 is 0 Å². The molecule has 0 atom stereocenters. The molecule has 0 radical (unpaired) electrons. The first-order valence-electron chi connectivity index (χ1n) is 13.7. The number of hydrogen-bond acceptors (Lipinski definition) is 3. The van der Waals surface area contributed by atoms with Gasteiger partial charge in [-0.25, -0.2) is 4.85 Å². The van der Waals surface area contributed by atoms with E-state index < -0.39 is 5.41 Å². The van der Waals surface area contributed by atoms with E-state index in [0.29, 0.717) is 16.9 Å². The van der Waals surface area contributed by atoms with Gasteiger partial charge in [0.1, 0.15) is 6.07 Å². The number of hydrogen-bond donors (Lipinski definition) is 0. The number of nitrogens with zero attached hydrogens (tertiary/aromatic N) is 4. The van der Waals surface area contributed by atoms with Gasteiger partial charge in [-0.3, -0.25) is 4.98 Å². The largest absolute Gasteiger partial charge is 0.309 e. The van der Waals surface area contributed by atoms with E-state index in [-0.39, 0.29) is 0 Å². The fraction of sp³-hybridized carbons (Fsp3) is 0.0263. The fourth-order valence-corrected chi connectivity index (χ4v) is 6.35. The Labute approximate surface area is 245 Å². The maximum atomic E-state index is 10.0. The molecule has 0 N–H and O–H groups in total. The summed E-state index contributed by atoms with van der Waals surface area (Å²) in [5.74, 6) is 0. The van der Waals surface area contributed by atoms with Crippen molar-refractivity contribution in [3.8, 4) is 17.3 Å². The molecule has 0 saturated heterocycles. The number of aromatic nitrogens is 1. The van der Waals surface area contributed by atoms with Crippen molar-refractivity contribution >= 4 is 22.7 Å². The van der Waals surface area contributed by atoms with Crippen LogP contribution in [-0.4, -0.2) is 4.98 Å². The number of nitriles is 1. The van der Waals surface area contributed by atoms with Gasteiger partial charge in [0.05, 0.1) is 40.3 Å². The minimum Gasteiger partial charge on any atom is -0.309 e. The number of benzene rings is 5. The molecule has 196 valence electrons. The smallest absolute Gasteiger partial charge is 0.206 e. The summed E-state index contributed by atoms with van der Waals surface area (Å²) < 4.78 is 0. The quantitative estimate of drug-likeness (QED) is 0.211. The minimum atomic E-state index is -0.561. The number of pyridine rings is 1. The topological polar surface area (TPSA) is 44.3 Å². The van der Waals surface area contributed by atoms with Crippen molar-refractivity contribution in [1.82, 2.24) is 4.98 Å². The third kappa shape index (κ3) is 3.71. The van der Waals surface area contributed by atoms with E-state index in [0.717, 1.165) is 33.8 Å². The molecule has 7 rings (SSSR count). The number of fused-ring (bicyclic) bond motifs is 2. The predicted octanol–water partition coefficient (Wildman–Crippen LogP) is 9.34. The lowest BCUT2D eigenvalue weighted by atomic mass is 9.62. The lowest BCUT2D eigenvalue weighted by molar-refractivity contribution is 0.731. The van der Waals surface area contributed by atoms with Crippen molar-refractivity contribution in [2.75, 3.05) is 4.90 Å². The van der Waals surface area contributed by atoms with E-state index in [2.05, 4.69) is 136 Å². The molecule has 0 aliphatic carbocycles. The molecule has 0 spiro atoms. The second-order valence-electron chi connectivity index (χ2n) is 10.2.